The van der Waals surface area contributed by atoms with Crippen LogP contribution in [0.25, 0.3) is 0 Å². The molecule has 2 fully saturated rings. The molecule has 1 saturated heterocycles. The maximum atomic E-state index is 5.39. The molecule has 1 aliphatic carbocycles. The number of nitrogens with one attached hydrogen (secondary N) is 2. The van der Waals surface area contributed by atoms with Gasteiger partial charge in [-0.3, -0.25) is 4.99 Å². The van der Waals surface area contributed by atoms with Crippen molar-refractivity contribution in [3.05, 3.63) is 17.5 Å². The first-order valence-corrected chi connectivity index (χ1v) is 10.3. The Morgan fingerprint density at radius 1 is 1.23 bits per heavy atom. The summed E-state index contributed by atoms with van der Waals surface area (Å²) in [6.45, 7) is 7.27. The zero-order chi connectivity index (χ0) is 18.4. The molecule has 0 spiro atoms. The molecule has 146 valence electrons. The Labute approximate surface area is 157 Å². The highest BCUT2D eigenvalue weighted by Crippen LogP contribution is 2.25. The minimum Gasteiger partial charge on any atom is -0.359 e. The lowest BCUT2D eigenvalue weighted by Crippen LogP contribution is -2.50. The number of hydrogen-bond donors (Lipinski definition) is 2. The third kappa shape index (κ3) is 5.22. The van der Waals surface area contributed by atoms with Crippen LogP contribution in [0.5, 0.6) is 0 Å². The molecule has 1 aromatic heterocycles. The highest BCUT2D eigenvalue weighted by atomic mass is 16.5. The van der Waals surface area contributed by atoms with Gasteiger partial charge in [-0.05, 0) is 31.6 Å². The fourth-order valence-corrected chi connectivity index (χ4v) is 4.10. The van der Waals surface area contributed by atoms with Gasteiger partial charge in [-0.15, -0.1) is 0 Å². The first kappa shape index (κ1) is 19.2. The van der Waals surface area contributed by atoms with Crippen LogP contribution in [0.3, 0.4) is 0 Å². The average molecular weight is 362 g/mol. The van der Waals surface area contributed by atoms with Gasteiger partial charge in [0.1, 0.15) is 0 Å². The summed E-state index contributed by atoms with van der Waals surface area (Å²) in [6.07, 6.45) is 9.45. The van der Waals surface area contributed by atoms with Gasteiger partial charge in [0.05, 0.1) is 12.2 Å². The molecule has 0 aromatic carbocycles. The van der Waals surface area contributed by atoms with Crippen molar-refractivity contribution in [3.63, 3.8) is 0 Å². The van der Waals surface area contributed by atoms with Gasteiger partial charge in [-0.2, -0.15) is 0 Å². The predicted octanol–water partition coefficient (Wildman–Crippen LogP) is 3.26. The summed E-state index contributed by atoms with van der Waals surface area (Å²) in [6, 6.07) is 3.36. The number of aliphatic imine (C=N–C) groups is 1. The van der Waals surface area contributed by atoms with Crippen molar-refractivity contribution in [2.75, 3.05) is 20.1 Å². The van der Waals surface area contributed by atoms with E-state index < -0.39 is 0 Å². The lowest BCUT2D eigenvalue weighted by atomic mass is 9.92. The number of rotatable bonds is 5. The lowest BCUT2D eigenvalue weighted by Gasteiger charge is -2.39. The van der Waals surface area contributed by atoms with Crippen molar-refractivity contribution in [2.24, 2.45) is 4.99 Å². The van der Waals surface area contributed by atoms with Gasteiger partial charge in [0, 0.05) is 38.3 Å². The third-order valence-electron chi connectivity index (χ3n) is 5.78. The largest absolute Gasteiger partial charge is 0.359 e. The Morgan fingerprint density at radius 2 is 1.96 bits per heavy atom. The van der Waals surface area contributed by atoms with Crippen molar-refractivity contribution in [2.45, 2.75) is 83.3 Å². The topological polar surface area (TPSA) is 65.7 Å². The molecule has 0 unspecified atom stereocenters. The van der Waals surface area contributed by atoms with Crippen molar-refractivity contribution in [1.29, 1.82) is 0 Å². The van der Waals surface area contributed by atoms with Crippen LogP contribution in [-0.4, -0.2) is 48.2 Å². The van der Waals surface area contributed by atoms with Crippen molar-refractivity contribution >= 4 is 5.96 Å². The molecule has 1 aromatic rings. The van der Waals surface area contributed by atoms with Crippen LogP contribution in [0.1, 0.15) is 76.2 Å². The smallest absolute Gasteiger partial charge is 0.191 e. The van der Waals surface area contributed by atoms with Gasteiger partial charge in [0.2, 0.25) is 0 Å². The third-order valence-corrected chi connectivity index (χ3v) is 5.78. The van der Waals surface area contributed by atoms with Crippen molar-refractivity contribution < 1.29 is 4.52 Å². The minimum atomic E-state index is 0.388. The van der Waals surface area contributed by atoms with E-state index in [0.717, 1.165) is 23.5 Å². The fourth-order valence-electron chi connectivity index (χ4n) is 4.10. The average Bonchev–Trinajstić information content (AvgIpc) is 3.16. The summed E-state index contributed by atoms with van der Waals surface area (Å²) in [5.41, 5.74) is 1.000. The maximum absolute atomic E-state index is 5.39. The summed E-state index contributed by atoms with van der Waals surface area (Å²) in [5, 5.41) is 11.0. The summed E-state index contributed by atoms with van der Waals surface area (Å²) < 4.78 is 5.39. The van der Waals surface area contributed by atoms with E-state index in [-0.39, 0.29) is 0 Å². The summed E-state index contributed by atoms with van der Waals surface area (Å²) in [5.74, 6) is 2.09. The zero-order valence-corrected chi connectivity index (χ0v) is 16.6. The Hall–Kier alpha value is -1.56. The standard InChI is InChI=1S/C20H35N5O/c1-15(2)19-13-18(26-24-19)14-22-20(21-3)23-16-9-11-25(12-10-16)17-7-5-4-6-8-17/h13,15-17H,4-12,14H2,1-3H3,(H2,21,22,23). The van der Waals surface area contributed by atoms with Gasteiger partial charge in [0.25, 0.3) is 0 Å². The van der Waals surface area contributed by atoms with Crippen LogP contribution in [0.4, 0.5) is 0 Å². The molecule has 2 aliphatic rings. The molecule has 6 heteroatoms. The Balaban J connectivity index is 1.41. The predicted molar refractivity (Wildman–Crippen MR) is 105 cm³/mol. The minimum absolute atomic E-state index is 0.388. The Bertz CT molecular complexity index is 569. The number of guanidine groups is 1. The van der Waals surface area contributed by atoms with Crippen molar-refractivity contribution in [3.8, 4) is 0 Å². The molecule has 0 atom stereocenters. The van der Waals surface area contributed by atoms with Gasteiger partial charge in [-0.1, -0.05) is 38.3 Å². The molecule has 0 amide bonds. The molecular formula is C20H35N5O. The molecular weight excluding hydrogens is 326 g/mol. The molecule has 6 nitrogen and oxygen atoms in total. The SMILES string of the molecule is CN=C(NCc1cc(C(C)C)no1)NC1CCN(C2CCCCC2)CC1. The normalized spacial score (nSPS) is 21.3. The summed E-state index contributed by atoms with van der Waals surface area (Å²) in [4.78, 5) is 7.08. The van der Waals surface area contributed by atoms with Crippen molar-refractivity contribution in [1.82, 2.24) is 20.7 Å². The number of likely N-dealkylation sites (tertiary alicyclic amines) is 1. The van der Waals surface area contributed by atoms with E-state index in [0.29, 0.717) is 18.5 Å². The first-order valence-electron chi connectivity index (χ1n) is 10.3. The molecule has 0 radical (unpaired) electrons. The number of nitrogens with zero attached hydrogens (tertiary/aromatic N) is 3. The van der Waals surface area contributed by atoms with E-state index in [9.17, 15) is 0 Å². The van der Waals surface area contributed by atoms with E-state index in [1.54, 1.807) is 0 Å². The van der Waals surface area contributed by atoms with Gasteiger partial charge in [0.15, 0.2) is 11.7 Å². The molecule has 3 rings (SSSR count). The quantitative estimate of drug-likeness (QED) is 0.622. The first-order chi connectivity index (χ1) is 12.7. The Kier molecular flexibility index (Phi) is 6.94. The van der Waals surface area contributed by atoms with Crippen LogP contribution in [0, 0.1) is 0 Å². The molecule has 2 N–H and O–H groups in total. The van der Waals surface area contributed by atoms with Gasteiger partial charge in [-0.25, -0.2) is 0 Å². The fraction of sp³-hybridized carbons (Fsp3) is 0.800. The monoisotopic (exact) mass is 361 g/mol. The van der Waals surface area contributed by atoms with Crippen LogP contribution < -0.4 is 10.6 Å². The second-order valence-electron chi connectivity index (χ2n) is 8.04. The molecule has 26 heavy (non-hydrogen) atoms. The van der Waals surface area contributed by atoms with Crippen LogP contribution in [-0.2, 0) is 6.54 Å². The molecule has 1 aliphatic heterocycles. The van der Waals surface area contributed by atoms with Crippen LogP contribution in [0.2, 0.25) is 0 Å². The highest BCUT2D eigenvalue weighted by Gasteiger charge is 2.26. The number of piperidine rings is 1. The van der Waals surface area contributed by atoms with E-state index in [1.807, 2.05) is 13.1 Å². The molecule has 0 bridgehead atoms. The second kappa shape index (κ2) is 9.40. The summed E-state index contributed by atoms with van der Waals surface area (Å²) >= 11 is 0. The van der Waals surface area contributed by atoms with E-state index >= 15 is 0 Å². The van der Waals surface area contributed by atoms with E-state index in [2.05, 4.69) is 39.5 Å². The number of aromatic nitrogens is 1. The number of hydrogen-bond acceptors (Lipinski definition) is 4. The maximum Gasteiger partial charge on any atom is 0.191 e. The highest BCUT2D eigenvalue weighted by molar-refractivity contribution is 5.79. The lowest BCUT2D eigenvalue weighted by molar-refractivity contribution is 0.119. The second-order valence-corrected chi connectivity index (χ2v) is 8.04. The van der Waals surface area contributed by atoms with Crippen LogP contribution in [0.15, 0.2) is 15.6 Å². The van der Waals surface area contributed by atoms with E-state index in [4.69, 9.17) is 4.52 Å². The zero-order valence-electron chi connectivity index (χ0n) is 16.6. The van der Waals surface area contributed by atoms with E-state index in [1.165, 1.54) is 58.0 Å². The molecule has 1 saturated carbocycles. The Morgan fingerprint density at radius 3 is 2.58 bits per heavy atom. The summed E-state index contributed by atoms with van der Waals surface area (Å²) in [7, 11) is 1.83. The van der Waals surface area contributed by atoms with Crippen LogP contribution >= 0.6 is 0 Å². The molecule has 2 heterocycles. The van der Waals surface area contributed by atoms with Gasteiger partial charge >= 0.3 is 0 Å². The van der Waals surface area contributed by atoms with Gasteiger partial charge < -0.3 is 20.1 Å².